The third-order valence-corrected chi connectivity index (χ3v) is 2.62. The number of esters is 2. The summed E-state index contributed by atoms with van der Waals surface area (Å²) in [6, 6.07) is 16.5. The molecule has 0 atom stereocenters. The number of carbonyl (C=O) groups excluding carboxylic acids is 3. The summed E-state index contributed by atoms with van der Waals surface area (Å²) in [6.45, 7) is 0. The zero-order chi connectivity index (χ0) is 14.4. The molecule has 0 amide bonds. The van der Waals surface area contributed by atoms with E-state index in [0.29, 0.717) is 5.56 Å². The van der Waals surface area contributed by atoms with Gasteiger partial charge in [-0.05, 0) is 12.1 Å². The molecule has 0 saturated carbocycles. The largest absolute Gasteiger partial charge is 0.389 e. The van der Waals surface area contributed by atoms with Crippen molar-refractivity contribution in [1.82, 2.24) is 0 Å². The summed E-state index contributed by atoms with van der Waals surface area (Å²) in [5.41, 5.74) is 0.685. The zero-order valence-electron chi connectivity index (χ0n) is 10.6. The summed E-state index contributed by atoms with van der Waals surface area (Å²) < 4.78 is 4.63. The first-order valence-corrected chi connectivity index (χ1v) is 6.05. The van der Waals surface area contributed by atoms with Gasteiger partial charge in [0.25, 0.3) is 0 Å². The van der Waals surface area contributed by atoms with Gasteiger partial charge in [0.05, 0.1) is 5.56 Å². The number of carbonyl (C=O) groups is 3. The van der Waals surface area contributed by atoms with Gasteiger partial charge < -0.3 is 4.74 Å². The summed E-state index contributed by atoms with van der Waals surface area (Å²) in [5, 5.41) is 0. The van der Waals surface area contributed by atoms with Crippen LogP contribution >= 0.6 is 0 Å². The molecule has 4 heteroatoms. The number of hydrogen-bond acceptors (Lipinski definition) is 4. The molecule has 2 aromatic carbocycles. The Hall–Kier alpha value is -2.75. The molecule has 2 aromatic rings. The number of hydrogen-bond donors (Lipinski definition) is 0. The fraction of sp³-hybridized carbons (Fsp3) is 0.0625. The van der Waals surface area contributed by atoms with E-state index in [1.165, 1.54) is 12.1 Å². The molecule has 2 rings (SSSR count). The van der Waals surface area contributed by atoms with E-state index in [1.807, 2.05) is 0 Å². The maximum Gasteiger partial charge on any atom is 0.345 e. The zero-order valence-corrected chi connectivity index (χ0v) is 10.6. The van der Waals surface area contributed by atoms with Gasteiger partial charge in [0, 0.05) is 5.56 Å². The molecular formula is C16H12O4. The lowest BCUT2D eigenvalue weighted by atomic mass is 10.1. The van der Waals surface area contributed by atoms with E-state index in [9.17, 15) is 14.4 Å². The highest BCUT2D eigenvalue weighted by Gasteiger charge is 2.17. The first-order valence-electron chi connectivity index (χ1n) is 6.05. The lowest BCUT2D eigenvalue weighted by Gasteiger charge is -2.03. The van der Waals surface area contributed by atoms with Crippen molar-refractivity contribution in [2.45, 2.75) is 6.42 Å². The van der Waals surface area contributed by atoms with Crippen molar-refractivity contribution in [3.8, 4) is 0 Å². The third kappa shape index (κ3) is 3.62. The van der Waals surface area contributed by atoms with Crippen LogP contribution in [0.3, 0.4) is 0 Å². The van der Waals surface area contributed by atoms with Crippen LogP contribution < -0.4 is 0 Å². The monoisotopic (exact) mass is 268 g/mol. The maximum atomic E-state index is 11.8. The van der Waals surface area contributed by atoms with Gasteiger partial charge in [-0.1, -0.05) is 48.5 Å². The van der Waals surface area contributed by atoms with Gasteiger partial charge in [-0.2, -0.15) is 0 Å². The van der Waals surface area contributed by atoms with Crippen molar-refractivity contribution in [2.24, 2.45) is 0 Å². The number of ketones is 1. The van der Waals surface area contributed by atoms with Gasteiger partial charge in [0.2, 0.25) is 0 Å². The Kier molecular flexibility index (Phi) is 4.39. The molecule has 0 bridgehead atoms. The van der Waals surface area contributed by atoms with Gasteiger partial charge in [-0.25, -0.2) is 4.79 Å². The normalized spacial score (nSPS) is 9.80. The Balaban J connectivity index is 1.93. The Bertz CT molecular complexity index is 562. The second-order valence-corrected chi connectivity index (χ2v) is 4.09. The van der Waals surface area contributed by atoms with Crippen LogP contribution in [-0.4, -0.2) is 17.7 Å². The van der Waals surface area contributed by atoms with E-state index in [1.54, 1.807) is 48.5 Å². The van der Waals surface area contributed by atoms with Crippen molar-refractivity contribution in [2.75, 3.05) is 0 Å². The summed E-state index contributed by atoms with van der Waals surface area (Å²) in [4.78, 5) is 34.9. The minimum absolute atomic E-state index is 0.271. The molecule has 0 radical (unpaired) electrons. The minimum Gasteiger partial charge on any atom is -0.389 e. The molecule has 0 aliphatic heterocycles. The van der Waals surface area contributed by atoms with Crippen LogP contribution in [-0.2, 0) is 9.53 Å². The first kappa shape index (κ1) is 13.7. The Morgan fingerprint density at radius 2 is 1.25 bits per heavy atom. The topological polar surface area (TPSA) is 60.4 Å². The Morgan fingerprint density at radius 3 is 1.80 bits per heavy atom. The fourth-order valence-corrected chi connectivity index (χ4v) is 1.63. The number of rotatable bonds is 4. The summed E-state index contributed by atoms with van der Waals surface area (Å²) in [5.74, 6) is -1.99. The average molecular weight is 268 g/mol. The summed E-state index contributed by atoms with van der Waals surface area (Å²) >= 11 is 0. The van der Waals surface area contributed by atoms with Crippen LogP contribution in [0.15, 0.2) is 60.7 Å². The molecule has 0 unspecified atom stereocenters. The predicted molar refractivity (Wildman–Crippen MR) is 72.3 cm³/mol. The molecule has 0 N–H and O–H groups in total. The molecule has 0 heterocycles. The molecule has 0 aliphatic carbocycles. The van der Waals surface area contributed by atoms with Crippen molar-refractivity contribution < 1.29 is 19.1 Å². The van der Waals surface area contributed by atoms with Crippen LogP contribution in [0.2, 0.25) is 0 Å². The Morgan fingerprint density at radius 1 is 0.750 bits per heavy atom. The van der Waals surface area contributed by atoms with Gasteiger partial charge in [-0.15, -0.1) is 0 Å². The molecular weight excluding hydrogens is 256 g/mol. The van der Waals surface area contributed by atoms with Crippen molar-refractivity contribution in [3.63, 3.8) is 0 Å². The molecule has 0 spiro atoms. The Labute approximate surface area is 116 Å². The second kappa shape index (κ2) is 6.43. The van der Waals surface area contributed by atoms with Crippen LogP contribution in [0.1, 0.15) is 27.1 Å². The smallest absolute Gasteiger partial charge is 0.345 e. The van der Waals surface area contributed by atoms with Gasteiger partial charge in [0.1, 0.15) is 6.42 Å². The predicted octanol–water partition coefficient (Wildman–Crippen LogP) is 2.64. The lowest BCUT2D eigenvalue weighted by Crippen LogP contribution is -2.16. The van der Waals surface area contributed by atoms with Gasteiger partial charge >= 0.3 is 11.9 Å². The van der Waals surface area contributed by atoms with E-state index < -0.39 is 18.4 Å². The molecule has 4 nitrogen and oxygen atoms in total. The van der Waals surface area contributed by atoms with Crippen molar-refractivity contribution >= 4 is 17.7 Å². The van der Waals surface area contributed by atoms with E-state index >= 15 is 0 Å². The van der Waals surface area contributed by atoms with Crippen LogP contribution in [0.4, 0.5) is 0 Å². The van der Waals surface area contributed by atoms with Crippen LogP contribution in [0.5, 0.6) is 0 Å². The highest BCUT2D eigenvalue weighted by Crippen LogP contribution is 2.06. The van der Waals surface area contributed by atoms with Gasteiger partial charge in [0.15, 0.2) is 5.78 Å². The third-order valence-electron chi connectivity index (χ3n) is 2.62. The molecule has 0 fully saturated rings. The average Bonchev–Trinajstić information content (AvgIpc) is 2.49. The van der Waals surface area contributed by atoms with Gasteiger partial charge in [-0.3, -0.25) is 9.59 Å². The van der Waals surface area contributed by atoms with E-state index in [2.05, 4.69) is 4.74 Å². The quantitative estimate of drug-likeness (QED) is 0.486. The van der Waals surface area contributed by atoms with Crippen molar-refractivity contribution in [3.05, 3.63) is 71.8 Å². The first-order chi connectivity index (χ1) is 9.66. The second-order valence-electron chi connectivity index (χ2n) is 4.09. The van der Waals surface area contributed by atoms with Crippen LogP contribution in [0, 0.1) is 0 Å². The molecule has 20 heavy (non-hydrogen) atoms. The van der Waals surface area contributed by atoms with E-state index in [4.69, 9.17) is 0 Å². The SMILES string of the molecule is O=C(CC(=O)c1ccccc1)OC(=O)c1ccccc1. The van der Waals surface area contributed by atoms with Crippen LogP contribution in [0.25, 0.3) is 0 Å². The summed E-state index contributed by atoms with van der Waals surface area (Å²) in [7, 11) is 0. The molecule has 100 valence electrons. The molecule has 0 aliphatic rings. The number of benzene rings is 2. The maximum absolute atomic E-state index is 11.8. The van der Waals surface area contributed by atoms with E-state index in [-0.39, 0.29) is 11.3 Å². The molecule has 0 aromatic heterocycles. The molecule has 0 saturated heterocycles. The van der Waals surface area contributed by atoms with E-state index in [0.717, 1.165) is 0 Å². The highest BCUT2D eigenvalue weighted by atomic mass is 16.6. The standard InChI is InChI=1S/C16H12O4/c17-14(12-7-3-1-4-8-12)11-15(18)20-16(19)13-9-5-2-6-10-13/h1-10H,11H2. The van der Waals surface area contributed by atoms with Crippen molar-refractivity contribution in [1.29, 1.82) is 0 Å². The fourth-order valence-electron chi connectivity index (χ4n) is 1.63. The minimum atomic E-state index is -0.854. The highest BCUT2D eigenvalue weighted by molar-refractivity contribution is 6.08. The summed E-state index contributed by atoms with van der Waals surface area (Å²) in [6.07, 6.45) is -0.456. The number of Topliss-reactive ketones (excluding diaryl/α,β-unsaturated/α-hetero) is 1. The lowest BCUT2D eigenvalue weighted by molar-refractivity contribution is -0.136. The number of ether oxygens (including phenoxy) is 1.